The van der Waals surface area contributed by atoms with Gasteiger partial charge in [-0.2, -0.15) is 0 Å². The third-order valence-corrected chi connectivity index (χ3v) is 4.36. The zero-order valence-electron chi connectivity index (χ0n) is 17.7. The molecule has 11 nitrogen and oxygen atoms in total. The number of hydrogen-bond donors (Lipinski definition) is 7. The molecule has 0 saturated carbocycles. The van der Waals surface area contributed by atoms with Gasteiger partial charge >= 0.3 is 5.97 Å². The topological polar surface area (TPSA) is 191 Å². The van der Waals surface area contributed by atoms with Crippen molar-refractivity contribution in [2.24, 2.45) is 17.6 Å². The molecule has 0 aromatic rings. The lowest BCUT2D eigenvalue weighted by molar-refractivity contribution is -0.144. The van der Waals surface area contributed by atoms with Crippen molar-refractivity contribution in [1.82, 2.24) is 16.0 Å². The largest absolute Gasteiger partial charge is 0.480 e. The van der Waals surface area contributed by atoms with E-state index >= 15 is 0 Å². The van der Waals surface area contributed by atoms with E-state index in [2.05, 4.69) is 16.0 Å². The Bertz CT molecular complexity index is 593. The second-order valence-corrected chi connectivity index (χ2v) is 7.79. The Morgan fingerprint density at radius 2 is 1.03 bits per heavy atom. The molecule has 0 aliphatic heterocycles. The second-order valence-electron chi connectivity index (χ2n) is 7.79. The van der Waals surface area contributed by atoms with Gasteiger partial charge in [0, 0.05) is 0 Å². The highest BCUT2D eigenvalue weighted by Gasteiger charge is 2.34. The highest BCUT2D eigenvalue weighted by atomic mass is 16.4. The average molecular weight is 418 g/mol. The summed E-state index contributed by atoms with van der Waals surface area (Å²) >= 11 is 0. The summed E-state index contributed by atoms with van der Waals surface area (Å²) in [6.07, 6.45) is -2.50. The van der Waals surface area contributed by atoms with Gasteiger partial charge in [-0.3, -0.25) is 14.4 Å². The van der Waals surface area contributed by atoms with Gasteiger partial charge in [-0.25, -0.2) is 4.79 Å². The minimum absolute atomic E-state index is 0.383. The molecule has 6 unspecified atom stereocenters. The van der Waals surface area contributed by atoms with Crippen molar-refractivity contribution in [3.8, 4) is 0 Å². The van der Waals surface area contributed by atoms with Gasteiger partial charge in [-0.05, 0) is 25.7 Å². The molecule has 0 aromatic carbocycles. The number of aliphatic hydroxyl groups is 2. The molecule has 11 heteroatoms. The number of nitrogens with one attached hydrogen (secondary N) is 3. The van der Waals surface area contributed by atoms with Crippen LogP contribution in [0.4, 0.5) is 0 Å². The first-order chi connectivity index (χ1) is 13.2. The second kappa shape index (κ2) is 11.7. The van der Waals surface area contributed by atoms with Crippen LogP contribution < -0.4 is 21.7 Å². The molecule has 3 amide bonds. The third kappa shape index (κ3) is 8.34. The quantitative estimate of drug-likeness (QED) is 0.199. The van der Waals surface area contributed by atoms with E-state index in [1.807, 2.05) is 0 Å². The Hall–Kier alpha value is -2.24. The van der Waals surface area contributed by atoms with Crippen molar-refractivity contribution in [1.29, 1.82) is 0 Å². The van der Waals surface area contributed by atoms with Crippen molar-refractivity contribution in [2.45, 2.75) is 77.9 Å². The van der Waals surface area contributed by atoms with Gasteiger partial charge in [0.25, 0.3) is 0 Å². The molecule has 0 aromatic heterocycles. The summed E-state index contributed by atoms with van der Waals surface area (Å²) in [4.78, 5) is 48.5. The number of rotatable bonds is 11. The van der Waals surface area contributed by atoms with Crippen LogP contribution in [-0.4, -0.2) is 75.4 Å². The normalized spacial score (nSPS) is 17.6. The number of carbonyl (C=O) groups excluding carboxylic acids is 3. The maximum Gasteiger partial charge on any atom is 0.326 e. The van der Waals surface area contributed by atoms with Gasteiger partial charge in [0.15, 0.2) is 0 Å². The number of nitrogens with two attached hydrogens (primary N) is 1. The highest BCUT2D eigenvalue weighted by Crippen LogP contribution is 2.08. The van der Waals surface area contributed by atoms with Crippen LogP contribution in [0.5, 0.6) is 0 Å². The predicted octanol–water partition coefficient (Wildman–Crippen LogP) is -2.07. The Kier molecular flexibility index (Phi) is 10.8. The molecule has 29 heavy (non-hydrogen) atoms. The monoisotopic (exact) mass is 418 g/mol. The maximum absolute atomic E-state index is 12.6. The van der Waals surface area contributed by atoms with Gasteiger partial charge in [0.05, 0.1) is 12.2 Å². The van der Waals surface area contributed by atoms with Gasteiger partial charge < -0.3 is 37.0 Å². The minimum atomic E-state index is -1.43. The molecule has 8 N–H and O–H groups in total. The zero-order valence-corrected chi connectivity index (χ0v) is 17.7. The zero-order chi connectivity index (χ0) is 23.0. The Morgan fingerprint density at radius 3 is 1.38 bits per heavy atom. The first kappa shape index (κ1) is 26.8. The molecule has 0 spiro atoms. The van der Waals surface area contributed by atoms with E-state index in [1.54, 1.807) is 27.7 Å². The first-order valence-electron chi connectivity index (χ1n) is 9.46. The SMILES string of the molecule is CC(C)C(NC(=O)C(NC(=O)C(NC(=O)C(N)C(C)O)C(C)O)C(C)C)C(=O)O. The Morgan fingerprint density at radius 1 is 0.655 bits per heavy atom. The number of hydrogen-bond acceptors (Lipinski definition) is 7. The summed E-state index contributed by atoms with van der Waals surface area (Å²) < 4.78 is 0. The van der Waals surface area contributed by atoms with Crippen LogP contribution in [0.3, 0.4) is 0 Å². The van der Waals surface area contributed by atoms with E-state index in [0.29, 0.717) is 0 Å². The number of aliphatic hydroxyl groups excluding tert-OH is 2. The van der Waals surface area contributed by atoms with Crippen molar-refractivity contribution in [3.63, 3.8) is 0 Å². The summed E-state index contributed by atoms with van der Waals surface area (Å²) in [5.41, 5.74) is 5.52. The van der Waals surface area contributed by atoms with Gasteiger partial charge in [0.1, 0.15) is 24.2 Å². The van der Waals surface area contributed by atoms with E-state index < -0.39 is 66.0 Å². The summed E-state index contributed by atoms with van der Waals surface area (Å²) in [6.45, 7) is 9.12. The Balaban J connectivity index is 5.37. The van der Waals surface area contributed by atoms with Crippen molar-refractivity contribution >= 4 is 23.7 Å². The summed E-state index contributed by atoms with van der Waals surface area (Å²) in [7, 11) is 0. The minimum Gasteiger partial charge on any atom is -0.480 e. The van der Waals surface area contributed by atoms with Crippen LogP contribution in [0.2, 0.25) is 0 Å². The smallest absolute Gasteiger partial charge is 0.326 e. The van der Waals surface area contributed by atoms with Crippen LogP contribution >= 0.6 is 0 Å². The molecule has 0 fully saturated rings. The molecular weight excluding hydrogens is 384 g/mol. The van der Waals surface area contributed by atoms with Crippen molar-refractivity contribution < 1.29 is 34.5 Å². The number of carboxylic acids is 1. The van der Waals surface area contributed by atoms with Gasteiger partial charge in [0.2, 0.25) is 17.7 Å². The van der Waals surface area contributed by atoms with Crippen LogP contribution in [-0.2, 0) is 19.2 Å². The summed E-state index contributed by atoms with van der Waals surface area (Å²) in [5, 5.41) is 35.6. The molecule has 0 aliphatic rings. The van der Waals surface area contributed by atoms with E-state index in [-0.39, 0.29) is 5.92 Å². The van der Waals surface area contributed by atoms with Crippen molar-refractivity contribution in [3.05, 3.63) is 0 Å². The fourth-order valence-corrected chi connectivity index (χ4v) is 2.41. The molecule has 0 radical (unpaired) electrons. The predicted molar refractivity (Wildman–Crippen MR) is 104 cm³/mol. The van der Waals surface area contributed by atoms with Gasteiger partial charge in [-0.1, -0.05) is 27.7 Å². The Labute approximate surface area is 170 Å². The number of carbonyl (C=O) groups is 4. The van der Waals surface area contributed by atoms with E-state index in [9.17, 15) is 34.5 Å². The summed E-state index contributed by atoms with van der Waals surface area (Å²) in [5.74, 6) is -4.40. The summed E-state index contributed by atoms with van der Waals surface area (Å²) in [6, 6.07) is -4.99. The fraction of sp³-hybridized carbons (Fsp3) is 0.778. The fourth-order valence-electron chi connectivity index (χ4n) is 2.41. The van der Waals surface area contributed by atoms with Crippen LogP contribution in [0.15, 0.2) is 0 Å². The number of amides is 3. The lowest BCUT2D eigenvalue weighted by Gasteiger charge is -2.28. The molecule has 0 bridgehead atoms. The van der Waals surface area contributed by atoms with Crippen LogP contribution in [0, 0.1) is 11.8 Å². The highest BCUT2D eigenvalue weighted by molar-refractivity contribution is 5.94. The molecule has 6 atom stereocenters. The molecule has 0 heterocycles. The van der Waals surface area contributed by atoms with Crippen LogP contribution in [0.1, 0.15) is 41.5 Å². The van der Waals surface area contributed by atoms with Gasteiger partial charge in [-0.15, -0.1) is 0 Å². The average Bonchev–Trinajstić information content (AvgIpc) is 2.59. The van der Waals surface area contributed by atoms with Crippen LogP contribution in [0.25, 0.3) is 0 Å². The molecule has 0 rings (SSSR count). The van der Waals surface area contributed by atoms with E-state index in [1.165, 1.54) is 13.8 Å². The maximum atomic E-state index is 12.6. The number of carboxylic acid groups (broad SMARTS) is 1. The van der Waals surface area contributed by atoms with Crippen molar-refractivity contribution in [2.75, 3.05) is 0 Å². The van der Waals surface area contributed by atoms with E-state index in [4.69, 9.17) is 5.73 Å². The molecular formula is C18H34N4O7. The standard InChI is InChI=1S/C18H34N4O7/c1-7(2)12(16(26)21-13(8(3)4)18(28)29)20-17(27)14(10(6)24)22-15(25)11(19)9(5)23/h7-14,23-24H,19H2,1-6H3,(H,20,27)(H,21,26)(H,22,25)(H,28,29). The molecule has 0 aliphatic carbocycles. The lowest BCUT2D eigenvalue weighted by Crippen LogP contribution is -2.61. The third-order valence-electron chi connectivity index (χ3n) is 4.36. The lowest BCUT2D eigenvalue weighted by atomic mass is 9.99. The molecule has 0 saturated heterocycles. The molecule has 168 valence electrons. The first-order valence-corrected chi connectivity index (χ1v) is 9.46. The van der Waals surface area contributed by atoms with E-state index in [0.717, 1.165) is 0 Å². The number of aliphatic carboxylic acids is 1.